The van der Waals surface area contributed by atoms with Crippen molar-refractivity contribution in [3.8, 4) is 0 Å². The van der Waals surface area contributed by atoms with Gasteiger partial charge in [0, 0.05) is 12.2 Å². The van der Waals surface area contributed by atoms with Gasteiger partial charge in [-0.25, -0.2) is 4.98 Å². The Labute approximate surface area is 70.8 Å². The smallest absolute Gasteiger partial charge is 0.0958 e. The van der Waals surface area contributed by atoms with Crippen LogP contribution in [0.15, 0.2) is 24.5 Å². The van der Waals surface area contributed by atoms with Crippen LogP contribution in [0.2, 0.25) is 0 Å². The first-order valence-electron chi connectivity index (χ1n) is 4.01. The number of benzene rings is 1. The van der Waals surface area contributed by atoms with E-state index < -0.39 is 0 Å². The zero-order valence-electron chi connectivity index (χ0n) is 6.99. The summed E-state index contributed by atoms with van der Waals surface area (Å²) in [6.07, 6.45) is 1.84. The molecule has 0 saturated heterocycles. The summed E-state index contributed by atoms with van der Waals surface area (Å²) in [5.41, 5.74) is 8.51. The Morgan fingerprint density at radius 1 is 1.50 bits per heavy atom. The van der Waals surface area contributed by atoms with Gasteiger partial charge in [0.2, 0.25) is 0 Å². The van der Waals surface area contributed by atoms with Crippen LogP contribution in [-0.2, 0) is 6.54 Å². The summed E-state index contributed by atoms with van der Waals surface area (Å²) in [5, 5.41) is 0. The third-order valence-electron chi connectivity index (χ3n) is 1.99. The van der Waals surface area contributed by atoms with Gasteiger partial charge in [-0.1, -0.05) is 0 Å². The number of nitrogen functional groups attached to an aromatic ring is 1. The molecule has 2 aromatic rings. The maximum absolute atomic E-state index is 5.63. The number of rotatable bonds is 1. The molecule has 3 heteroatoms. The van der Waals surface area contributed by atoms with Crippen LogP contribution >= 0.6 is 0 Å². The molecule has 0 amide bonds. The fourth-order valence-corrected chi connectivity index (χ4v) is 1.33. The Balaban J connectivity index is 2.73. The molecule has 2 rings (SSSR count). The molecule has 62 valence electrons. The molecule has 12 heavy (non-hydrogen) atoms. The van der Waals surface area contributed by atoms with Crippen molar-refractivity contribution < 1.29 is 0 Å². The Bertz CT molecular complexity index is 403. The predicted molar refractivity (Wildman–Crippen MR) is 49.8 cm³/mol. The maximum atomic E-state index is 5.63. The van der Waals surface area contributed by atoms with E-state index in [-0.39, 0.29) is 0 Å². The highest BCUT2D eigenvalue weighted by Gasteiger charge is 1.99. The lowest BCUT2D eigenvalue weighted by atomic mass is 10.3. The molecule has 0 saturated carbocycles. The summed E-state index contributed by atoms with van der Waals surface area (Å²) in [7, 11) is 0. The molecule has 0 aliphatic rings. The molecule has 0 unspecified atom stereocenters. The summed E-state index contributed by atoms with van der Waals surface area (Å²) in [6.45, 7) is 3.04. The maximum Gasteiger partial charge on any atom is 0.0958 e. The molecule has 2 N–H and O–H groups in total. The van der Waals surface area contributed by atoms with Crippen molar-refractivity contribution in [1.29, 1.82) is 0 Å². The number of imidazole rings is 1. The van der Waals surface area contributed by atoms with Gasteiger partial charge in [-0.2, -0.15) is 0 Å². The minimum Gasteiger partial charge on any atom is -0.399 e. The Hall–Kier alpha value is -1.51. The first-order chi connectivity index (χ1) is 5.81. The topological polar surface area (TPSA) is 43.8 Å². The highest BCUT2D eigenvalue weighted by atomic mass is 15.0. The van der Waals surface area contributed by atoms with Crippen molar-refractivity contribution in [3.05, 3.63) is 24.5 Å². The van der Waals surface area contributed by atoms with Gasteiger partial charge in [-0.3, -0.25) is 0 Å². The first-order valence-corrected chi connectivity index (χ1v) is 4.01. The highest BCUT2D eigenvalue weighted by molar-refractivity contribution is 5.78. The second-order valence-corrected chi connectivity index (χ2v) is 2.78. The second kappa shape index (κ2) is 2.52. The Morgan fingerprint density at radius 2 is 2.33 bits per heavy atom. The van der Waals surface area contributed by atoms with Gasteiger partial charge in [0.15, 0.2) is 0 Å². The third kappa shape index (κ3) is 0.942. The fourth-order valence-electron chi connectivity index (χ4n) is 1.33. The molecule has 1 aromatic carbocycles. The SMILES string of the molecule is CCn1cnc2cc(N)ccc21. The number of aromatic nitrogens is 2. The molecule has 3 nitrogen and oxygen atoms in total. The van der Waals surface area contributed by atoms with Crippen LogP contribution in [-0.4, -0.2) is 9.55 Å². The summed E-state index contributed by atoms with van der Waals surface area (Å²) in [5.74, 6) is 0. The van der Waals surface area contributed by atoms with Crippen LogP contribution < -0.4 is 5.73 Å². The molecule has 0 aliphatic heterocycles. The van der Waals surface area contributed by atoms with E-state index in [0.29, 0.717) is 0 Å². The molecule has 0 spiro atoms. The van der Waals surface area contributed by atoms with Crippen LogP contribution in [0.5, 0.6) is 0 Å². The van der Waals surface area contributed by atoms with Gasteiger partial charge in [0.05, 0.1) is 17.4 Å². The lowest BCUT2D eigenvalue weighted by molar-refractivity contribution is 0.787. The first kappa shape index (κ1) is 7.16. The number of anilines is 1. The average Bonchev–Trinajstić information content (AvgIpc) is 2.46. The van der Waals surface area contributed by atoms with Gasteiger partial charge >= 0.3 is 0 Å². The molecule has 1 heterocycles. The van der Waals surface area contributed by atoms with Crippen LogP contribution in [0.25, 0.3) is 11.0 Å². The number of nitrogens with two attached hydrogens (primary N) is 1. The monoisotopic (exact) mass is 161 g/mol. The average molecular weight is 161 g/mol. The fraction of sp³-hybridized carbons (Fsp3) is 0.222. The third-order valence-corrected chi connectivity index (χ3v) is 1.99. The number of fused-ring (bicyclic) bond motifs is 1. The van der Waals surface area contributed by atoms with E-state index in [9.17, 15) is 0 Å². The van der Waals surface area contributed by atoms with Gasteiger partial charge < -0.3 is 10.3 Å². The predicted octanol–water partition coefficient (Wildman–Crippen LogP) is 1.64. The molecule has 0 radical (unpaired) electrons. The summed E-state index contributed by atoms with van der Waals surface area (Å²) in [4.78, 5) is 4.23. The van der Waals surface area contributed by atoms with Crippen LogP contribution in [0.4, 0.5) is 5.69 Å². The van der Waals surface area contributed by atoms with Crippen LogP contribution in [0.3, 0.4) is 0 Å². The van der Waals surface area contributed by atoms with Crippen molar-refractivity contribution in [2.24, 2.45) is 0 Å². The van der Waals surface area contributed by atoms with Gasteiger partial charge in [0.25, 0.3) is 0 Å². The molecule has 0 fully saturated rings. The van der Waals surface area contributed by atoms with Crippen molar-refractivity contribution in [3.63, 3.8) is 0 Å². The summed E-state index contributed by atoms with van der Waals surface area (Å²) in [6, 6.07) is 5.79. The van der Waals surface area contributed by atoms with Crippen LogP contribution in [0, 0.1) is 0 Å². The number of hydrogen-bond acceptors (Lipinski definition) is 2. The lowest BCUT2D eigenvalue weighted by Gasteiger charge is -1.98. The van der Waals surface area contributed by atoms with Crippen molar-refractivity contribution in [1.82, 2.24) is 9.55 Å². The van der Waals surface area contributed by atoms with E-state index in [1.165, 1.54) is 0 Å². The molecular formula is C9H11N3. The minimum absolute atomic E-state index is 0.767. The van der Waals surface area contributed by atoms with E-state index in [1.54, 1.807) is 0 Å². The molecule has 0 aliphatic carbocycles. The molecule has 1 aromatic heterocycles. The largest absolute Gasteiger partial charge is 0.399 e. The van der Waals surface area contributed by atoms with E-state index in [1.807, 2.05) is 24.5 Å². The quantitative estimate of drug-likeness (QED) is 0.646. The zero-order chi connectivity index (χ0) is 8.55. The van der Waals surface area contributed by atoms with Gasteiger partial charge in [-0.15, -0.1) is 0 Å². The van der Waals surface area contributed by atoms with Crippen molar-refractivity contribution in [2.45, 2.75) is 13.5 Å². The van der Waals surface area contributed by atoms with Crippen molar-refractivity contribution in [2.75, 3.05) is 5.73 Å². The number of aryl methyl sites for hydroxylation is 1. The normalized spacial score (nSPS) is 10.8. The Kier molecular flexibility index (Phi) is 1.50. The molecular weight excluding hydrogens is 150 g/mol. The minimum atomic E-state index is 0.767. The van der Waals surface area contributed by atoms with E-state index in [0.717, 1.165) is 23.3 Å². The summed E-state index contributed by atoms with van der Waals surface area (Å²) >= 11 is 0. The van der Waals surface area contributed by atoms with Crippen LogP contribution in [0.1, 0.15) is 6.92 Å². The van der Waals surface area contributed by atoms with E-state index in [4.69, 9.17) is 5.73 Å². The highest BCUT2D eigenvalue weighted by Crippen LogP contribution is 2.15. The zero-order valence-corrected chi connectivity index (χ0v) is 6.99. The second-order valence-electron chi connectivity index (χ2n) is 2.78. The number of hydrogen-bond donors (Lipinski definition) is 1. The summed E-state index contributed by atoms with van der Waals surface area (Å²) < 4.78 is 2.09. The van der Waals surface area contributed by atoms with E-state index in [2.05, 4.69) is 16.5 Å². The molecule has 0 atom stereocenters. The van der Waals surface area contributed by atoms with Gasteiger partial charge in [0.1, 0.15) is 0 Å². The van der Waals surface area contributed by atoms with E-state index >= 15 is 0 Å². The molecule has 0 bridgehead atoms. The van der Waals surface area contributed by atoms with Crippen molar-refractivity contribution >= 4 is 16.7 Å². The lowest BCUT2D eigenvalue weighted by Crippen LogP contribution is -1.90. The van der Waals surface area contributed by atoms with Gasteiger partial charge in [-0.05, 0) is 25.1 Å². The standard InChI is InChI=1S/C9H11N3/c1-2-12-6-11-8-5-7(10)3-4-9(8)12/h3-6H,2,10H2,1H3. The number of nitrogens with zero attached hydrogens (tertiary/aromatic N) is 2. The Morgan fingerprint density at radius 3 is 3.08 bits per heavy atom.